The van der Waals surface area contributed by atoms with Gasteiger partial charge in [-0.25, -0.2) is 9.98 Å². The Morgan fingerprint density at radius 1 is 0.857 bits per heavy atom. The Balaban J connectivity index is 1.77. The van der Waals surface area contributed by atoms with E-state index in [9.17, 15) is 0 Å². The van der Waals surface area contributed by atoms with Crippen molar-refractivity contribution in [1.29, 1.82) is 0 Å². The maximum atomic E-state index is 6.20. The zero-order valence-corrected chi connectivity index (χ0v) is 16.5. The van der Waals surface area contributed by atoms with Gasteiger partial charge in [-0.05, 0) is 38.1 Å². The van der Waals surface area contributed by atoms with Crippen LogP contribution in [0.4, 0.5) is 5.13 Å². The molecule has 3 aromatic carbocycles. The molecule has 0 saturated carbocycles. The van der Waals surface area contributed by atoms with Gasteiger partial charge in [0.1, 0.15) is 11.3 Å². The van der Waals surface area contributed by atoms with Crippen molar-refractivity contribution in [3.63, 3.8) is 0 Å². The lowest BCUT2D eigenvalue weighted by atomic mass is 10.1. The molecule has 2 aromatic heterocycles. The molecule has 0 N–H and O–H groups in total. The molecule has 0 spiro atoms. The molecule has 28 heavy (non-hydrogen) atoms. The Hall–Kier alpha value is -3.24. The third kappa shape index (κ3) is 3.12. The number of fused-ring (bicyclic) bond motifs is 2. The Labute approximate surface area is 166 Å². The first kappa shape index (κ1) is 16.9. The van der Waals surface area contributed by atoms with Crippen molar-refractivity contribution in [3.05, 3.63) is 89.3 Å². The fraction of sp³-hybridized carbons (Fsp3) is 0.0833. The fourth-order valence-corrected chi connectivity index (χ4v) is 4.10. The van der Waals surface area contributed by atoms with Crippen LogP contribution < -0.4 is 5.36 Å². The second-order valence-electron chi connectivity index (χ2n) is 6.94. The first-order valence-corrected chi connectivity index (χ1v) is 9.99. The van der Waals surface area contributed by atoms with Crippen LogP contribution in [0.5, 0.6) is 0 Å². The summed E-state index contributed by atoms with van der Waals surface area (Å²) in [5.41, 5.74) is 5.23. The van der Waals surface area contributed by atoms with Crippen molar-refractivity contribution in [2.24, 2.45) is 4.99 Å². The van der Waals surface area contributed by atoms with Gasteiger partial charge in [-0.1, -0.05) is 64.9 Å². The number of hydrogen-bond donors (Lipinski definition) is 0. The van der Waals surface area contributed by atoms with Crippen LogP contribution >= 0.6 is 11.3 Å². The number of thiazole rings is 1. The molecule has 5 rings (SSSR count). The van der Waals surface area contributed by atoms with Gasteiger partial charge >= 0.3 is 0 Å². The van der Waals surface area contributed by atoms with E-state index in [4.69, 9.17) is 9.41 Å². The SMILES string of the molecule is Cc1ccc(-c2c/c(=N\c3nc4ccccc4s3)c3cc(C)ccc3o2)cc1. The van der Waals surface area contributed by atoms with Crippen molar-refractivity contribution in [1.82, 2.24) is 4.98 Å². The van der Waals surface area contributed by atoms with Gasteiger partial charge < -0.3 is 4.42 Å². The van der Waals surface area contributed by atoms with Crippen LogP contribution in [-0.2, 0) is 0 Å². The summed E-state index contributed by atoms with van der Waals surface area (Å²) in [6.45, 7) is 4.16. The van der Waals surface area contributed by atoms with Gasteiger partial charge in [0.25, 0.3) is 0 Å². The summed E-state index contributed by atoms with van der Waals surface area (Å²) in [6, 6.07) is 24.7. The van der Waals surface area contributed by atoms with Crippen LogP contribution in [0.25, 0.3) is 32.5 Å². The first-order chi connectivity index (χ1) is 13.7. The van der Waals surface area contributed by atoms with Crippen LogP contribution in [0.3, 0.4) is 0 Å². The number of para-hydroxylation sites is 1. The van der Waals surface area contributed by atoms with Gasteiger partial charge in [-0.2, -0.15) is 0 Å². The Morgan fingerprint density at radius 3 is 2.46 bits per heavy atom. The molecular formula is C24H18N2OS. The second kappa shape index (κ2) is 6.73. The van der Waals surface area contributed by atoms with Gasteiger partial charge in [0.05, 0.1) is 15.6 Å². The van der Waals surface area contributed by atoms with Gasteiger partial charge in [-0.15, -0.1) is 0 Å². The lowest BCUT2D eigenvalue weighted by Crippen LogP contribution is -2.03. The maximum absolute atomic E-state index is 6.20. The monoisotopic (exact) mass is 382 g/mol. The predicted molar refractivity (Wildman–Crippen MR) is 116 cm³/mol. The van der Waals surface area contributed by atoms with E-state index >= 15 is 0 Å². The zero-order chi connectivity index (χ0) is 19.1. The van der Waals surface area contributed by atoms with Crippen molar-refractivity contribution in [2.45, 2.75) is 13.8 Å². The highest BCUT2D eigenvalue weighted by atomic mass is 32.1. The highest BCUT2D eigenvalue weighted by Crippen LogP contribution is 2.28. The molecule has 4 heteroatoms. The van der Waals surface area contributed by atoms with E-state index < -0.39 is 0 Å². The summed E-state index contributed by atoms with van der Waals surface area (Å²) in [5, 5.41) is 2.62. The minimum absolute atomic E-state index is 0.755. The molecular weight excluding hydrogens is 364 g/mol. The molecule has 0 radical (unpaired) electrons. The van der Waals surface area contributed by atoms with Gasteiger partial charge in [0.2, 0.25) is 5.13 Å². The second-order valence-corrected chi connectivity index (χ2v) is 7.95. The van der Waals surface area contributed by atoms with Crippen LogP contribution in [0, 0.1) is 13.8 Å². The van der Waals surface area contributed by atoms with Gasteiger partial charge in [0.15, 0.2) is 0 Å². The van der Waals surface area contributed by atoms with E-state index in [1.54, 1.807) is 11.3 Å². The standard InChI is InChI=1S/C24H18N2OS/c1-15-7-10-17(11-8-15)22-14-20(18-13-16(2)9-12-21(18)27-22)26-24-25-19-5-3-4-6-23(19)28-24/h3-14H,1-2H3/b26-20+. The lowest BCUT2D eigenvalue weighted by molar-refractivity contribution is 0.618. The van der Waals surface area contributed by atoms with Crippen LogP contribution in [0.2, 0.25) is 0 Å². The fourth-order valence-electron chi connectivity index (χ4n) is 3.25. The third-order valence-electron chi connectivity index (χ3n) is 4.73. The Kier molecular flexibility index (Phi) is 4.06. The molecule has 2 heterocycles. The van der Waals surface area contributed by atoms with Crippen molar-refractivity contribution in [3.8, 4) is 11.3 Å². The van der Waals surface area contributed by atoms with Gasteiger partial charge in [0, 0.05) is 17.0 Å². The molecule has 0 aliphatic heterocycles. The van der Waals surface area contributed by atoms with Crippen LogP contribution in [0.15, 0.2) is 82.2 Å². The van der Waals surface area contributed by atoms with E-state index in [1.165, 1.54) is 11.1 Å². The molecule has 0 atom stereocenters. The molecule has 3 nitrogen and oxygen atoms in total. The highest BCUT2D eigenvalue weighted by Gasteiger charge is 2.08. The molecule has 136 valence electrons. The third-order valence-corrected chi connectivity index (χ3v) is 5.66. The smallest absolute Gasteiger partial charge is 0.210 e. The Bertz CT molecular complexity index is 1340. The number of aromatic nitrogens is 1. The molecule has 0 aliphatic carbocycles. The predicted octanol–water partition coefficient (Wildman–Crippen LogP) is 6.56. The molecule has 0 saturated heterocycles. The molecule has 0 amide bonds. The number of nitrogens with zero attached hydrogens (tertiary/aromatic N) is 2. The molecule has 0 unspecified atom stereocenters. The number of aryl methyl sites for hydroxylation is 2. The molecule has 0 aliphatic rings. The lowest BCUT2D eigenvalue weighted by Gasteiger charge is -2.06. The summed E-state index contributed by atoms with van der Waals surface area (Å²) < 4.78 is 7.34. The van der Waals surface area contributed by atoms with Gasteiger partial charge in [-0.3, -0.25) is 0 Å². The van der Waals surface area contributed by atoms with E-state index in [0.29, 0.717) is 0 Å². The molecule has 0 fully saturated rings. The van der Waals surface area contributed by atoms with E-state index in [1.807, 2.05) is 30.3 Å². The van der Waals surface area contributed by atoms with Crippen LogP contribution in [-0.4, -0.2) is 4.98 Å². The zero-order valence-electron chi connectivity index (χ0n) is 15.6. The van der Waals surface area contributed by atoms with Crippen molar-refractivity contribution >= 4 is 37.7 Å². The Morgan fingerprint density at radius 2 is 1.64 bits per heavy atom. The molecule has 0 bridgehead atoms. The molecule has 5 aromatic rings. The minimum atomic E-state index is 0.755. The van der Waals surface area contributed by atoms with E-state index in [-0.39, 0.29) is 0 Å². The topological polar surface area (TPSA) is 38.4 Å². The summed E-state index contributed by atoms with van der Waals surface area (Å²) >= 11 is 1.60. The average Bonchev–Trinajstić information content (AvgIpc) is 3.11. The van der Waals surface area contributed by atoms with Crippen molar-refractivity contribution in [2.75, 3.05) is 0 Å². The minimum Gasteiger partial charge on any atom is -0.456 e. The number of benzene rings is 3. The summed E-state index contributed by atoms with van der Waals surface area (Å²) in [6.07, 6.45) is 0. The average molecular weight is 382 g/mol. The number of rotatable bonds is 2. The van der Waals surface area contributed by atoms with Crippen LogP contribution in [0.1, 0.15) is 11.1 Å². The normalized spacial score (nSPS) is 12.1. The number of hydrogen-bond acceptors (Lipinski definition) is 4. The highest BCUT2D eigenvalue weighted by molar-refractivity contribution is 7.21. The first-order valence-electron chi connectivity index (χ1n) is 9.18. The summed E-state index contributed by atoms with van der Waals surface area (Å²) in [4.78, 5) is 9.57. The van der Waals surface area contributed by atoms with Crippen molar-refractivity contribution < 1.29 is 4.42 Å². The van der Waals surface area contributed by atoms with E-state index in [2.05, 4.69) is 61.3 Å². The summed E-state index contributed by atoms with van der Waals surface area (Å²) in [5.74, 6) is 0.802. The largest absolute Gasteiger partial charge is 0.456 e. The summed E-state index contributed by atoms with van der Waals surface area (Å²) in [7, 11) is 0. The van der Waals surface area contributed by atoms with E-state index in [0.717, 1.165) is 43.0 Å². The quantitative estimate of drug-likeness (QED) is 0.347. The maximum Gasteiger partial charge on any atom is 0.210 e.